The van der Waals surface area contributed by atoms with Gasteiger partial charge >= 0.3 is 0 Å². The van der Waals surface area contributed by atoms with Crippen LogP contribution in [-0.4, -0.2) is 20.2 Å². The van der Waals surface area contributed by atoms with E-state index in [1.165, 1.54) is 0 Å². The van der Waals surface area contributed by atoms with Crippen molar-refractivity contribution in [2.24, 2.45) is 0 Å². The van der Waals surface area contributed by atoms with E-state index in [0.29, 0.717) is 6.42 Å². The molecule has 0 heterocycles. The maximum atomic E-state index is 5.28. The van der Waals surface area contributed by atoms with E-state index in [1.807, 2.05) is 47.3 Å². The van der Waals surface area contributed by atoms with E-state index in [4.69, 9.17) is 19.2 Å². The third kappa shape index (κ3) is 10.3. The molecule has 15 heavy (non-hydrogen) atoms. The van der Waals surface area contributed by atoms with Gasteiger partial charge in [0, 0.05) is 6.42 Å². The fourth-order valence-electron chi connectivity index (χ4n) is 0.548. The minimum Gasteiger partial charge on any atom is -0.284 e. The van der Waals surface area contributed by atoms with Gasteiger partial charge in [-0.05, 0) is 40.4 Å². The molecule has 0 rings (SSSR count). The van der Waals surface area contributed by atoms with Crippen molar-refractivity contribution in [1.29, 1.82) is 0 Å². The van der Waals surface area contributed by atoms with Crippen LogP contribution >= 0.6 is 0 Å². The first-order valence-electron chi connectivity index (χ1n) is 5.33. The highest BCUT2D eigenvalue weighted by atomic mass is 28.4. The van der Waals surface area contributed by atoms with Gasteiger partial charge in [-0.25, -0.2) is 14.7 Å². The van der Waals surface area contributed by atoms with Crippen LogP contribution in [0.25, 0.3) is 0 Å². The molecule has 0 aliphatic rings. The van der Waals surface area contributed by atoms with Crippen LogP contribution in [0.5, 0.6) is 0 Å². The Balaban J connectivity index is 3.84. The smallest absolute Gasteiger partial charge is 0.230 e. The predicted octanol–water partition coefficient (Wildman–Crippen LogP) is 3.25. The Morgan fingerprint density at radius 2 is 1.60 bits per heavy atom. The molecule has 0 saturated carbocycles. The monoisotopic (exact) mass is 236 g/mol. The van der Waals surface area contributed by atoms with Crippen LogP contribution in [0.15, 0.2) is 0 Å². The van der Waals surface area contributed by atoms with E-state index in [1.54, 1.807) is 0 Å². The molecule has 0 amide bonds. The molecular weight excluding hydrogens is 212 g/mol. The molecule has 1 unspecified atom stereocenters. The first-order chi connectivity index (χ1) is 6.64. The highest BCUT2D eigenvalue weighted by Crippen LogP contribution is 2.13. The van der Waals surface area contributed by atoms with E-state index >= 15 is 0 Å². The van der Waals surface area contributed by atoms with Crippen molar-refractivity contribution in [3.8, 4) is 0 Å². The first kappa shape index (κ1) is 15.1. The van der Waals surface area contributed by atoms with Crippen molar-refractivity contribution < 1.29 is 19.2 Å². The normalized spacial score (nSPS) is 15.4. The highest BCUT2D eigenvalue weighted by Gasteiger charge is 2.21. The van der Waals surface area contributed by atoms with Crippen LogP contribution in [0, 0.1) is 0 Å². The Morgan fingerprint density at radius 3 is 1.93 bits per heavy atom. The van der Waals surface area contributed by atoms with Gasteiger partial charge in [0.15, 0.2) is 0 Å². The van der Waals surface area contributed by atoms with Crippen molar-refractivity contribution in [2.45, 2.75) is 65.6 Å². The van der Waals surface area contributed by atoms with Crippen LogP contribution in [0.4, 0.5) is 0 Å². The lowest BCUT2D eigenvalue weighted by Crippen LogP contribution is -2.31. The second-order valence-electron chi connectivity index (χ2n) is 5.42. The average molecular weight is 236 g/mol. The summed E-state index contributed by atoms with van der Waals surface area (Å²) < 4.78 is 5.28. The summed E-state index contributed by atoms with van der Waals surface area (Å²) in [6, 6.07) is 0. The van der Waals surface area contributed by atoms with Crippen molar-refractivity contribution in [2.75, 3.05) is 0 Å². The van der Waals surface area contributed by atoms with Crippen molar-refractivity contribution in [3.63, 3.8) is 0 Å². The molecule has 0 bridgehead atoms. The van der Waals surface area contributed by atoms with Gasteiger partial charge < -0.3 is 0 Å². The van der Waals surface area contributed by atoms with Gasteiger partial charge in [-0.1, -0.05) is 6.92 Å². The largest absolute Gasteiger partial charge is 0.284 e. The maximum Gasteiger partial charge on any atom is 0.230 e. The zero-order valence-electron chi connectivity index (χ0n) is 10.9. The topological polar surface area (TPSA) is 36.9 Å². The zero-order valence-corrected chi connectivity index (χ0v) is 11.9. The maximum absolute atomic E-state index is 5.28. The lowest BCUT2D eigenvalue weighted by atomic mass is 10.2. The van der Waals surface area contributed by atoms with Gasteiger partial charge in [0.25, 0.3) is 0 Å². The molecule has 92 valence electrons. The Morgan fingerprint density at radius 1 is 1.07 bits per heavy atom. The molecule has 0 aromatic rings. The molecule has 0 radical (unpaired) electrons. The van der Waals surface area contributed by atoms with Crippen LogP contribution in [0.2, 0.25) is 19.6 Å². The number of hydrogen-bond acceptors (Lipinski definition) is 4. The summed E-state index contributed by atoms with van der Waals surface area (Å²) in [6.07, 6.45) is 0.219. The molecule has 5 heteroatoms. The lowest BCUT2D eigenvalue weighted by molar-refractivity contribution is -0.463. The molecular formula is C10H24O4Si. The summed E-state index contributed by atoms with van der Waals surface area (Å²) in [4.78, 5) is 15.4. The Bertz CT molecular complexity index is 153. The first-order valence-corrected chi connectivity index (χ1v) is 8.74. The molecule has 0 N–H and O–H groups in total. The lowest BCUT2D eigenvalue weighted by Gasteiger charge is -2.24. The van der Waals surface area contributed by atoms with E-state index in [9.17, 15) is 0 Å². The summed E-state index contributed by atoms with van der Waals surface area (Å²) in [6.45, 7) is 13.8. The van der Waals surface area contributed by atoms with Crippen LogP contribution in [0.3, 0.4) is 0 Å². The summed E-state index contributed by atoms with van der Waals surface area (Å²) in [5.74, 6) is 0. The molecule has 4 nitrogen and oxygen atoms in total. The Labute approximate surface area is 93.8 Å². The third-order valence-electron chi connectivity index (χ3n) is 1.14. The Kier molecular flexibility index (Phi) is 5.98. The van der Waals surface area contributed by atoms with E-state index in [2.05, 4.69) is 0 Å². The van der Waals surface area contributed by atoms with Crippen molar-refractivity contribution >= 4 is 8.32 Å². The SMILES string of the molecule is CCC(OOC(C)(C)C)OO[Si](C)(C)C. The fraction of sp³-hybridized carbons (Fsp3) is 1.00. The third-order valence-corrected chi connectivity index (χ3v) is 1.74. The molecule has 0 aromatic carbocycles. The quantitative estimate of drug-likeness (QED) is 0.307. The van der Waals surface area contributed by atoms with Gasteiger partial charge in [0.1, 0.15) is 0 Å². The fourth-order valence-corrected chi connectivity index (χ4v) is 0.944. The van der Waals surface area contributed by atoms with Gasteiger partial charge in [-0.3, -0.25) is 4.58 Å². The summed E-state index contributed by atoms with van der Waals surface area (Å²) >= 11 is 0. The molecule has 0 aliphatic carbocycles. The number of rotatable bonds is 6. The van der Waals surface area contributed by atoms with Crippen LogP contribution < -0.4 is 0 Å². The molecule has 0 spiro atoms. The summed E-state index contributed by atoms with van der Waals surface area (Å²) in [5.41, 5.74) is -0.337. The standard InChI is InChI=1S/C10H24O4Si/c1-8-9(11-13-10(2,3)4)12-14-15(5,6)7/h9H,8H2,1-7H3. The van der Waals surface area contributed by atoms with Crippen LogP contribution in [0.1, 0.15) is 34.1 Å². The average Bonchev–Trinajstić information content (AvgIpc) is 2.00. The van der Waals surface area contributed by atoms with Gasteiger partial charge in [-0.2, -0.15) is 0 Å². The summed E-state index contributed by atoms with van der Waals surface area (Å²) in [5, 5.41) is 0. The van der Waals surface area contributed by atoms with Crippen molar-refractivity contribution in [1.82, 2.24) is 0 Å². The van der Waals surface area contributed by atoms with E-state index < -0.39 is 14.6 Å². The molecule has 0 aromatic heterocycles. The minimum absolute atomic E-state index is 0.337. The van der Waals surface area contributed by atoms with Crippen LogP contribution in [-0.2, 0) is 19.2 Å². The predicted molar refractivity (Wildman–Crippen MR) is 61.5 cm³/mol. The molecule has 0 aliphatic heterocycles. The second kappa shape index (κ2) is 5.96. The van der Waals surface area contributed by atoms with Crippen molar-refractivity contribution in [3.05, 3.63) is 0 Å². The minimum atomic E-state index is -1.67. The molecule has 0 saturated heterocycles. The molecule has 0 fully saturated rings. The van der Waals surface area contributed by atoms with Gasteiger partial charge in [0.05, 0.1) is 5.60 Å². The van der Waals surface area contributed by atoms with E-state index in [0.717, 1.165) is 0 Å². The Hall–Kier alpha value is 0.0569. The highest BCUT2D eigenvalue weighted by molar-refractivity contribution is 6.69. The van der Waals surface area contributed by atoms with E-state index in [-0.39, 0.29) is 5.60 Å². The van der Waals surface area contributed by atoms with Gasteiger partial charge in [-0.15, -0.1) is 0 Å². The number of hydrogen-bond donors (Lipinski definition) is 0. The van der Waals surface area contributed by atoms with Gasteiger partial charge in [0.2, 0.25) is 14.6 Å². The second-order valence-corrected chi connectivity index (χ2v) is 9.81. The molecule has 1 atom stereocenters. The summed E-state index contributed by atoms with van der Waals surface area (Å²) in [7, 11) is -1.67. The zero-order chi connectivity index (χ0) is 12.1.